The average Bonchev–Trinajstić information content (AvgIpc) is 2.90. The first-order chi connectivity index (χ1) is 13.2. The van der Waals surface area contributed by atoms with Crippen LogP contribution in [0.3, 0.4) is 0 Å². The fourth-order valence-corrected chi connectivity index (χ4v) is 8.59. The van der Waals surface area contributed by atoms with E-state index >= 15 is 0 Å². The van der Waals surface area contributed by atoms with Crippen LogP contribution in [-0.2, 0) is 9.05 Å². The van der Waals surface area contributed by atoms with Crippen LogP contribution in [0.25, 0.3) is 0 Å². The Hall–Kier alpha value is -0.350. The van der Waals surface area contributed by atoms with E-state index in [1.807, 2.05) is 12.1 Å². The Labute approximate surface area is 177 Å². The quantitative estimate of drug-likeness (QED) is 0.240. The number of nitrogens with zero attached hydrogens (tertiary/aromatic N) is 2. The van der Waals surface area contributed by atoms with Gasteiger partial charge in [0.25, 0.3) is 8.53 Å². The summed E-state index contributed by atoms with van der Waals surface area (Å²) in [5.41, 5.74) is 1.06. The molecule has 0 bridgehead atoms. The van der Waals surface area contributed by atoms with Crippen molar-refractivity contribution in [3.05, 3.63) is 35.6 Å². The van der Waals surface area contributed by atoms with E-state index in [0.717, 1.165) is 5.56 Å². The van der Waals surface area contributed by atoms with Gasteiger partial charge in [-0.3, -0.25) is 0 Å². The van der Waals surface area contributed by atoms with Crippen molar-refractivity contribution in [3.63, 3.8) is 0 Å². The smallest absolute Gasteiger partial charge is 0.259 e. The summed E-state index contributed by atoms with van der Waals surface area (Å²) >= 11 is 0. The van der Waals surface area contributed by atoms with E-state index in [-0.39, 0.29) is 34.0 Å². The van der Waals surface area contributed by atoms with Gasteiger partial charge in [-0.15, -0.1) is 0 Å². The first kappa shape index (κ1) is 23.9. The fourth-order valence-electron chi connectivity index (χ4n) is 3.09. The minimum Gasteiger partial charge on any atom is -0.321 e. The molecular weight excluding hydrogens is 414 g/mol. The number of rotatable bonds is 9. The molecule has 1 saturated heterocycles. The van der Waals surface area contributed by atoms with Crippen molar-refractivity contribution in [2.24, 2.45) is 0 Å². The van der Waals surface area contributed by atoms with E-state index in [1.54, 1.807) is 21.6 Å². The lowest BCUT2D eigenvalue weighted by atomic mass is 9.98. The summed E-state index contributed by atoms with van der Waals surface area (Å²) in [7, 11) is 2.24. The Bertz CT molecular complexity index is 659. The average molecular weight is 445 g/mol. The molecule has 28 heavy (non-hydrogen) atoms. The molecule has 0 radical (unpaired) electrons. The third-order valence-corrected chi connectivity index (χ3v) is 10.2. The highest BCUT2D eigenvalue weighted by Crippen LogP contribution is 2.63. The summed E-state index contributed by atoms with van der Waals surface area (Å²) in [6.45, 7) is 13.2. The molecule has 1 aromatic rings. The van der Waals surface area contributed by atoms with Crippen molar-refractivity contribution < 1.29 is 13.4 Å². The number of benzene rings is 1. The molecule has 4 nitrogen and oxygen atoms in total. The van der Waals surface area contributed by atoms with Crippen LogP contribution in [0, 0.1) is 17.1 Å². The standard InChI is InChI=1S/C20H30FN2O2PS2/c1-14(2)23(15(3)4)26(24-13-7-12-22)25-19-18(27-28-20(19,5)6)16-8-10-17(21)11-9-16/h8-11,14-15,18-19H,7,13H2,1-6H3/t18-,19-,26?/m0/s1. The van der Waals surface area contributed by atoms with Gasteiger partial charge in [-0.05, 0) is 59.2 Å². The second-order valence-electron chi connectivity index (χ2n) is 7.83. The van der Waals surface area contributed by atoms with E-state index < -0.39 is 8.53 Å². The van der Waals surface area contributed by atoms with Crippen molar-refractivity contribution in [2.75, 3.05) is 6.61 Å². The predicted octanol–water partition coefficient (Wildman–Crippen LogP) is 6.70. The SMILES string of the molecule is CC(C)N(C(C)C)P(OCCC#N)O[C@H]1[C@H](c2ccc(F)cc2)SSC1(C)C. The van der Waals surface area contributed by atoms with E-state index in [1.165, 1.54) is 12.1 Å². The molecular formula is C20H30FN2O2PS2. The summed E-state index contributed by atoms with van der Waals surface area (Å²) < 4.78 is 28.3. The molecule has 0 spiro atoms. The van der Waals surface area contributed by atoms with E-state index in [2.05, 4.69) is 52.3 Å². The summed E-state index contributed by atoms with van der Waals surface area (Å²) in [5.74, 6) is -0.232. The number of halogens is 1. The maximum Gasteiger partial charge on any atom is 0.259 e. The third-order valence-electron chi connectivity index (χ3n) is 4.39. The highest BCUT2D eigenvalue weighted by molar-refractivity contribution is 8.77. The van der Waals surface area contributed by atoms with Gasteiger partial charge >= 0.3 is 0 Å². The van der Waals surface area contributed by atoms with Gasteiger partial charge < -0.3 is 9.05 Å². The molecule has 0 saturated carbocycles. The lowest BCUT2D eigenvalue weighted by Gasteiger charge is -2.39. The second-order valence-corrected chi connectivity index (χ2v) is 12.2. The van der Waals surface area contributed by atoms with Crippen LogP contribution >= 0.6 is 30.1 Å². The molecule has 156 valence electrons. The molecule has 1 fully saturated rings. The molecule has 1 aliphatic heterocycles. The van der Waals surface area contributed by atoms with Gasteiger partial charge in [-0.1, -0.05) is 33.7 Å². The topological polar surface area (TPSA) is 45.5 Å². The van der Waals surface area contributed by atoms with Crippen LogP contribution in [0.2, 0.25) is 0 Å². The largest absolute Gasteiger partial charge is 0.321 e. The molecule has 0 amide bonds. The Morgan fingerprint density at radius 2 is 1.82 bits per heavy atom. The summed E-state index contributed by atoms with van der Waals surface area (Å²) in [6, 6.07) is 9.33. The number of nitriles is 1. The highest BCUT2D eigenvalue weighted by atomic mass is 33.1. The van der Waals surface area contributed by atoms with Gasteiger partial charge in [-0.2, -0.15) is 5.26 Å². The molecule has 0 N–H and O–H groups in total. The van der Waals surface area contributed by atoms with Crippen molar-refractivity contribution in [3.8, 4) is 6.07 Å². The van der Waals surface area contributed by atoms with E-state index in [0.29, 0.717) is 13.0 Å². The zero-order valence-electron chi connectivity index (χ0n) is 17.4. The first-order valence-corrected chi connectivity index (χ1v) is 12.9. The van der Waals surface area contributed by atoms with Crippen LogP contribution in [0.1, 0.15) is 58.8 Å². The molecule has 8 heteroatoms. The monoisotopic (exact) mass is 444 g/mol. The third kappa shape index (κ3) is 6.08. The molecule has 2 rings (SSSR count). The maximum absolute atomic E-state index is 13.4. The van der Waals surface area contributed by atoms with Crippen LogP contribution in [0.4, 0.5) is 4.39 Å². The lowest BCUT2D eigenvalue weighted by molar-refractivity contribution is 0.114. The van der Waals surface area contributed by atoms with Gasteiger partial charge in [0.15, 0.2) is 0 Å². The molecule has 0 aliphatic carbocycles. The predicted molar refractivity (Wildman–Crippen MR) is 118 cm³/mol. The number of hydrogen-bond acceptors (Lipinski definition) is 6. The summed E-state index contributed by atoms with van der Waals surface area (Å²) in [5, 5.41) is 8.99. The van der Waals surface area contributed by atoms with Crippen LogP contribution in [0.15, 0.2) is 24.3 Å². The van der Waals surface area contributed by atoms with E-state index in [4.69, 9.17) is 14.3 Å². The highest BCUT2D eigenvalue weighted by Gasteiger charge is 2.48. The maximum atomic E-state index is 13.4. The fraction of sp³-hybridized carbons (Fsp3) is 0.650. The van der Waals surface area contributed by atoms with Crippen molar-refractivity contribution in [1.29, 1.82) is 5.26 Å². The summed E-state index contributed by atoms with van der Waals surface area (Å²) in [6.07, 6.45) is 0.242. The minimum atomic E-state index is -1.33. The Kier molecular flexibility index (Phi) is 9.07. The van der Waals surface area contributed by atoms with Gasteiger partial charge in [0.1, 0.15) is 5.82 Å². The zero-order valence-corrected chi connectivity index (χ0v) is 19.9. The van der Waals surface area contributed by atoms with Crippen molar-refractivity contribution in [1.82, 2.24) is 4.67 Å². The van der Waals surface area contributed by atoms with Gasteiger partial charge in [0, 0.05) is 16.8 Å². The Morgan fingerprint density at radius 3 is 2.36 bits per heavy atom. The van der Waals surface area contributed by atoms with Gasteiger partial charge in [0.05, 0.1) is 30.5 Å². The minimum absolute atomic E-state index is 0.0892. The first-order valence-electron chi connectivity index (χ1n) is 9.52. The molecule has 1 aliphatic rings. The van der Waals surface area contributed by atoms with Crippen molar-refractivity contribution >= 4 is 30.1 Å². The molecule has 1 aromatic carbocycles. The van der Waals surface area contributed by atoms with Crippen LogP contribution in [-0.4, -0.2) is 34.2 Å². The second kappa shape index (κ2) is 10.6. The molecule has 0 aromatic heterocycles. The Balaban J connectivity index is 2.28. The Morgan fingerprint density at radius 1 is 1.21 bits per heavy atom. The van der Waals surface area contributed by atoms with Crippen LogP contribution < -0.4 is 0 Å². The van der Waals surface area contributed by atoms with Crippen molar-refractivity contribution in [2.45, 2.75) is 76.1 Å². The normalized spacial score (nSPS) is 22.8. The van der Waals surface area contributed by atoms with E-state index in [9.17, 15) is 4.39 Å². The zero-order chi connectivity index (χ0) is 20.9. The van der Waals surface area contributed by atoms with Gasteiger partial charge in [0.2, 0.25) is 0 Å². The molecule has 1 heterocycles. The van der Waals surface area contributed by atoms with Gasteiger partial charge in [-0.25, -0.2) is 9.06 Å². The molecule has 3 atom stereocenters. The lowest BCUT2D eigenvalue weighted by Crippen LogP contribution is -2.39. The molecule has 1 unspecified atom stereocenters. The summed E-state index contributed by atoms with van der Waals surface area (Å²) in [4.78, 5) is 0. The number of hydrogen-bond donors (Lipinski definition) is 0. The van der Waals surface area contributed by atoms with Crippen LogP contribution in [0.5, 0.6) is 0 Å².